The van der Waals surface area contributed by atoms with Gasteiger partial charge in [-0.3, -0.25) is 4.79 Å². The average molecular weight is 460 g/mol. The zero-order chi connectivity index (χ0) is 23.9. The van der Waals surface area contributed by atoms with Crippen molar-refractivity contribution in [3.8, 4) is 23.0 Å². The van der Waals surface area contributed by atoms with Crippen molar-refractivity contribution in [2.45, 2.75) is 13.1 Å². The van der Waals surface area contributed by atoms with Crippen LogP contribution in [0.1, 0.15) is 21.7 Å². The quantitative estimate of drug-likeness (QED) is 0.393. The molecule has 4 rings (SSSR count). The summed E-state index contributed by atoms with van der Waals surface area (Å²) in [5.41, 5.74) is 2.78. The highest BCUT2D eigenvalue weighted by Crippen LogP contribution is 2.28. The fourth-order valence-electron chi connectivity index (χ4n) is 3.49. The summed E-state index contributed by atoms with van der Waals surface area (Å²) in [5, 5.41) is 14.7. The van der Waals surface area contributed by atoms with Gasteiger partial charge in [-0.1, -0.05) is 12.1 Å². The van der Waals surface area contributed by atoms with Crippen LogP contribution in [0.3, 0.4) is 0 Å². The largest absolute Gasteiger partial charge is 0.496 e. The van der Waals surface area contributed by atoms with Gasteiger partial charge in [0.15, 0.2) is 11.6 Å². The number of nitrogens with zero attached hydrogens (tertiary/aromatic N) is 5. The van der Waals surface area contributed by atoms with Crippen molar-refractivity contribution in [3.05, 3.63) is 78.0 Å². The molecule has 0 aliphatic rings. The molecule has 0 saturated carbocycles. The van der Waals surface area contributed by atoms with E-state index in [1.54, 1.807) is 38.6 Å². The lowest BCUT2D eigenvalue weighted by Crippen LogP contribution is -2.23. The third-order valence-corrected chi connectivity index (χ3v) is 5.31. The van der Waals surface area contributed by atoms with Crippen molar-refractivity contribution in [1.29, 1.82) is 0 Å². The lowest BCUT2D eigenvalue weighted by molar-refractivity contribution is 0.0950. The molecule has 1 amide bonds. The van der Waals surface area contributed by atoms with Crippen LogP contribution in [-0.2, 0) is 20.1 Å². The minimum absolute atomic E-state index is 0.207. The van der Waals surface area contributed by atoms with Gasteiger partial charge in [-0.25, -0.2) is 9.97 Å². The Labute approximate surface area is 197 Å². The summed E-state index contributed by atoms with van der Waals surface area (Å²) in [4.78, 5) is 20.9. The molecule has 2 N–H and O–H groups in total. The number of carbonyl (C=O) groups excluding carboxylic acids is 1. The number of hydrogen-bond acceptors (Lipinski definition) is 8. The highest BCUT2D eigenvalue weighted by Gasteiger charge is 2.14. The zero-order valence-electron chi connectivity index (χ0n) is 19.1. The molecule has 0 aliphatic heterocycles. The predicted octanol–water partition coefficient (Wildman–Crippen LogP) is 2.83. The second kappa shape index (κ2) is 10.4. The SMILES string of the molecule is COc1cccc(OC)c1CNC(=O)c1cccc(NCc2nnc(-c3ccncn3)n2C)c1. The van der Waals surface area contributed by atoms with Crippen LogP contribution < -0.4 is 20.1 Å². The number of ether oxygens (including phenoxy) is 2. The first-order chi connectivity index (χ1) is 16.6. The number of methoxy groups -OCH3 is 2. The first-order valence-electron chi connectivity index (χ1n) is 10.6. The Morgan fingerprint density at radius 1 is 1.00 bits per heavy atom. The van der Waals surface area contributed by atoms with Crippen LogP contribution in [0.4, 0.5) is 5.69 Å². The van der Waals surface area contributed by atoms with Crippen LogP contribution in [-0.4, -0.2) is 44.9 Å². The van der Waals surface area contributed by atoms with Crippen LogP contribution in [0.2, 0.25) is 0 Å². The molecule has 0 radical (unpaired) electrons. The van der Waals surface area contributed by atoms with Gasteiger partial charge in [0.2, 0.25) is 0 Å². The predicted molar refractivity (Wildman–Crippen MR) is 127 cm³/mol. The van der Waals surface area contributed by atoms with Crippen molar-refractivity contribution < 1.29 is 14.3 Å². The van der Waals surface area contributed by atoms with Crippen LogP contribution in [0.25, 0.3) is 11.5 Å². The second-order valence-corrected chi connectivity index (χ2v) is 7.35. The topological polar surface area (TPSA) is 116 Å². The summed E-state index contributed by atoms with van der Waals surface area (Å²) in [6, 6.07) is 14.5. The number of carbonyl (C=O) groups is 1. The summed E-state index contributed by atoms with van der Waals surface area (Å²) in [7, 11) is 5.05. The Hall–Kier alpha value is -4.47. The molecule has 0 spiro atoms. The Balaban J connectivity index is 1.41. The van der Waals surface area contributed by atoms with Crippen molar-refractivity contribution in [3.63, 3.8) is 0 Å². The Morgan fingerprint density at radius 2 is 1.76 bits per heavy atom. The Bertz CT molecular complexity index is 1250. The summed E-state index contributed by atoms with van der Waals surface area (Å²) in [6.45, 7) is 0.701. The average Bonchev–Trinajstić information content (AvgIpc) is 3.26. The van der Waals surface area contributed by atoms with E-state index in [1.807, 2.05) is 41.9 Å². The molecule has 34 heavy (non-hydrogen) atoms. The maximum absolute atomic E-state index is 12.8. The van der Waals surface area contributed by atoms with Gasteiger partial charge in [0, 0.05) is 24.5 Å². The summed E-state index contributed by atoms with van der Waals surface area (Å²) >= 11 is 0. The molecular weight excluding hydrogens is 434 g/mol. The van der Waals surface area contributed by atoms with E-state index in [9.17, 15) is 4.79 Å². The lowest BCUT2D eigenvalue weighted by Gasteiger charge is -2.14. The molecule has 10 heteroatoms. The number of aromatic nitrogens is 5. The second-order valence-electron chi connectivity index (χ2n) is 7.35. The van der Waals surface area contributed by atoms with Crippen molar-refractivity contribution >= 4 is 11.6 Å². The Kier molecular flexibility index (Phi) is 6.97. The molecule has 2 heterocycles. The molecule has 0 bridgehead atoms. The smallest absolute Gasteiger partial charge is 0.251 e. The monoisotopic (exact) mass is 459 g/mol. The lowest BCUT2D eigenvalue weighted by atomic mass is 10.1. The molecule has 0 aliphatic carbocycles. The summed E-state index contributed by atoms with van der Waals surface area (Å²) in [6.07, 6.45) is 3.14. The summed E-state index contributed by atoms with van der Waals surface area (Å²) in [5.74, 6) is 2.48. The Morgan fingerprint density at radius 3 is 2.47 bits per heavy atom. The third-order valence-electron chi connectivity index (χ3n) is 5.31. The minimum atomic E-state index is -0.207. The molecule has 174 valence electrons. The fourth-order valence-corrected chi connectivity index (χ4v) is 3.49. The van der Waals surface area contributed by atoms with E-state index >= 15 is 0 Å². The molecule has 0 fully saturated rings. The van der Waals surface area contributed by atoms with E-state index in [-0.39, 0.29) is 12.5 Å². The first kappa shape index (κ1) is 22.7. The van der Waals surface area contributed by atoms with E-state index in [4.69, 9.17) is 9.47 Å². The van der Waals surface area contributed by atoms with E-state index in [1.165, 1.54) is 6.33 Å². The van der Waals surface area contributed by atoms with Gasteiger partial charge in [0.1, 0.15) is 23.5 Å². The molecule has 2 aromatic heterocycles. The number of anilines is 1. The first-order valence-corrected chi connectivity index (χ1v) is 10.6. The maximum Gasteiger partial charge on any atom is 0.251 e. The molecule has 0 unspecified atom stereocenters. The number of benzene rings is 2. The fraction of sp³-hybridized carbons (Fsp3) is 0.208. The van der Waals surface area contributed by atoms with E-state index in [0.29, 0.717) is 35.1 Å². The van der Waals surface area contributed by atoms with E-state index < -0.39 is 0 Å². The van der Waals surface area contributed by atoms with Gasteiger partial charge < -0.3 is 24.7 Å². The number of rotatable bonds is 9. The molecular formula is C24H25N7O3. The molecule has 2 aromatic carbocycles. The number of nitrogens with one attached hydrogen (secondary N) is 2. The van der Waals surface area contributed by atoms with Gasteiger partial charge in [0.25, 0.3) is 5.91 Å². The van der Waals surface area contributed by atoms with Crippen molar-refractivity contribution in [2.24, 2.45) is 7.05 Å². The molecule has 4 aromatic rings. The van der Waals surface area contributed by atoms with Crippen molar-refractivity contribution in [1.82, 2.24) is 30.0 Å². The third kappa shape index (κ3) is 4.96. The number of hydrogen-bond donors (Lipinski definition) is 2. The van der Waals surface area contributed by atoms with Crippen LogP contribution in [0, 0.1) is 0 Å². The molecule has 0 atom stereocenters. The van der Waals surface area contributed by atoms with E-state index in [2.05, 4.69) is 30.8 Å². The van der Waals surface area contributed by atoms with Gasteiger partial charge in [-0.05, 0) is 36.4 Å². The molecule has 0 saturated heterocycles. The highest BCUT2D eigenvalue weighted by atomic mass is 16.5. The van der Waals surface area contributed by atoms with Gasteiger partial charge in [-0.15, -0.1) is 10.2 Å². The van der Waals surface area contributed by atoms with Crippen LogP contribution >= 0.6 is 0 Å². The highest BCUT2D eigenvalue weighted by molar-refractivity contribution is 5.95. The number of amides is 1. The zero-order valence-corrected chi connectivity index (χ0v) is 19.1. The van der Waals surface area contributed by atoms with Gasteiger partial charge in [0.05, 0.1) is 32.9 Å². The van der Waals surface area contributed by atoms with Crippen LogP contribution in [0.15, 0.2) is 61.1 Å². The molecule has 10 nitrogen and oxygen atoms in total. The maximum atomic E-state index is 12.8. The van der Waals surface area contributed by atoms with Crippen LogP contribution in [0.5, 0.6) is 11.5 Å². The van der Waals surface area contributed by atoms with Gasteiger partial charge >= 0.3 is 0 Å². The minimum Gasteiger partial charge on any atom is -0.496 e. The van der Waals surface area contributed by atoms with Gasteiger partial charge in [-0.2, -0.15) is 0 Å². The van der Waals surface area contributed by atoms with E-state index in [0.717, 1.165) is 17.1 Å². The summed E-state index contributed by atoms with van der Waals surface area (Å²) < 4.78 is 12.7. The standard InChI is InChI=1S/C24H25N7O3/c1-31-22(29-30-23(31)19-10-11-25-15-28-19)14-26-17-7-4-6-16(12-17)24(32)27-13-18-20(33-2)8-5-9-21(18)34-3/h4-12,15,26H,13-14H2,1-3H3,(H,27,32). The van der Waals surface area contributed by atoms with Crippen molar-refractivity contribution in [2.75, 3.05) is 19.5 Å². The normalized spacial score (nSPS) is 10.6.